The van der Waals surface area contributed by atoms with Gasteiger partial charge in [0.2, 0.25) is 5.91 Å². The summed E-state index contributed by atoms with van der Waals surface area (Å²) in [6.45, 7) is 0. The van der Waals surface area contributed by atoms with Gasteiger partial charge in [-0.3, -0.25) is 14.4 Å². The molecule has 0 radical (unpaired) electrons. The van der Waals surface area contributed by atoms with Crippen LogP contribution in [0.25, 0.3) is 17.0 Å². The van der Waals surface area contributed by atoms with Crippen molar-refractivity contribution in [1.29, 1.82) is 0 Å². The van der Waals surface area contributed by atoms with E-state index in [-0.39, 0.29) is 23.5 Å². The molecule has 0 aliphatic heterocycles. The summed E-state index contributed by atoms with van der Waals surface area (Å²) < 4.78 is 7.60. The molecule has 3 N–H and O–H groups in total. The smallest absolute Gasteiger partial charge is 0.287 e. The predicted octanol–water partition coefficient (Wildman–Crippen LogP) is 4.27. The van der Waals surface area contributed by atoms with Crippen LogP contribution in [-0.4, -0.2) is 40.2 Å². The predicted molar refractivity (Wildman–Crippen MR) is 139 cm³/mol. The number of amides is 3. The van der Waals surface area contributed by atoms with Crippen LogP contribution in [0.15, 0.2) is 71.4 Å². The number of carbonyl (C=O) groups excluding carboxylic acids is 3. The fourth-order valence-electron chi connectivity index (χ4n) is 4.80. The minimum atomic E-state index is -0.581. The second-order valence-corrected chi connectivity index (χ2v) is 9.25. The molecule has 3 amide bonds. The number of fused-ring (bicyclic) bond motifs is 1. The van der Waals surface area contributed by atoms with Crippen LogP contribution in [0.5, 0.6) is 0 Å². The zero-order valence-corrected chi connectivity index (χ0v) is 20.6. The third-order valence-corrected chi connectivity index (χ3v) is 6.79. The lowest BCUT2D eigenvalue weighted by atomic mass is 9.83. The van der Waals surface area contributed by atoms with Gasteiger partial charge in [-0.2, -0.15) is 0 Å². The molecular weight excluding hydrogens is 470 g/mol. The van der Waals surface area contributed by atoms with Crippen LogP contribution in [0.4, 0.5) is 5.69 Å². The maximum atomic E-state index is 12.9. The first-order chi connectivity index (χ1) is 18.0. The summed E-state index contributed by atoms with van der Waals surface area (Å²) in [5.74, 6) is -0.135. The normalized spacial score (nSPS) is 14.7. The van der Waals surface area contributed by atoms with E-state index in [2.05, 4.69) is 20.9 Å². The highest BCUT2D eigenvalue weighted by atomic mass is 16.4. The number of rotatable bonds is 7. The Labute approximate surface area is 214 Å². The molecule has 4 aromatic rings. The van der Waals surface area contributed by atoms with Crippen molar-refractivity contribution in [2.75, 3.05) is 12.4 Å². The fraction of sp³-hybridized carbons (Fsp3) is 0.286. The molecule has 1 saturated carbocycles. The summed E-state index contributed by atoms with van der Waals surface area (Å²) in [6, 6.07) is 15.4. The number of hydrogen-bond donors (Lipinski definition) is 3. The van der Waals surface area contributed by atoms with Crippen LogP contribution >= 0.6 is 0 Å². The molecule has 0 bridgehead atoms. The first-order valence-corrected chi connectivity index (χ1v) is 12.5. The van der Waals surface area contributed by atoms with Gasteiger partial charge in [-0.25, -0.2) is 4.98 Å². The largest absolute Gasteiger partial charge is 0.451 e. The van der Waals surface area contributed by atoms with Crippen molar-refractivity contribution in [3.63, 3.8) is 0 Å². The molecule has 1 atom stereocenters. The quantitative estimate of drug-likeness (QED) is 0.351. The van der Waals surface area contributed by atoms with Crippen molar-refractivity contribution in [3.05, 3.63) is 78.4 Å². The number of hydrogen-bond acceptors (Lipinski definition) is 5. The Morgan fingerprint density at radius 3 is 2.49 bits per heavy atom. The van der Waals surface area contributed by atoms with Crippen molar-refractivity contribution < 1.29 is 18.8 Å². The summed E-state index contributed by atoms with van der Waals surface area (Å²) in [7, 11) is 1.58. The van der Waals surface area contributed by atoms with Gasteiger partial charge in [-0.15, -0.1) is 0 Å². The zero-order valence-electron chi connectivity index (χ0n) is 20.6. The van der Waals surface area contributed by atoms with E-state index < -0.39 is 11.9 Å². The molecule has 1 aromatic carbocycles. The summed E-state index contributed by atoms with van der Waals surface area (Å²) in [4.78, 5) is 42.3. The third kappa shape index (κ3) is 5.40. The zero-order chi connectivity index (χ0) is 25.8. The van der Waals surface area contributed by atoms with Gasteiger partial charge in [0.15, 0.2) is 5.76 Å². The minimum Gasteiger partial charge on any atom is -0.451 e. The van der Waals surface area contributed by atoms with Crippen molar-refractivity contribution in [1.82, 2.24) is 20.0 Å². The van der Waals surface area contributed by atoms with E-state index >= 15 is 0 Å². The number of imidazole rings is 1. The number of likely N-dealkylation sites (N-methyl/N-ethyl adjacent to an activating group) is 1. The highest BCUT2D eigenvalue weighted by Gasteiger charge is 2.31. The van der Waals surface area contributed by atoms with Crippen LogP contribution in [0.2, 0.25) is 0 Å². The number of aromatic nitrogens is 2. The lowest BCUT2D eigenvalue weighted by Gasteiger charge is -2.29. The van der Waals surface area contributed by atoms with Gasteiger partial charge in [0.05, 0.1) is 0 Å². The summed E-state index contributed by atoms with van der Waals surface area (Å²) in [5, 5.41) is 8.38. The van der Waals surface area contributed by atoms with E-state index in [1.807, 2.05) is 24.4 Å². The van der Waals surface area contributed by atoms with E-state index in [9.17, 15) is 14.4 Å². The molecule has 3 heterocycles. The summed E-state index contributed by atoms with van der Waals surface area (Å²) in [6.07, 6.45) is 8.64. The monoisotopic (exact) mass is 499 g/mol. The van der Waals surface area contributed by atoms with Gasteiger partial charge in [-0.05, 0) is 67.3 Å². The van der Waals surface area contributed by atoms with Crippen LogP contribution < -0.4 is 16.0 Å². The van der Waals surface area contributed by atoms with Crippen molar-refractivity contribution >= 4 is 29.1 Å². The highest BCUT2D eigenvalue weighted by molar-refractivity contribution is 6.03. The Balaban J connectivity index is 1.24. The Morgan fingerprint density at radius 2 is 1.76 bits per heavy atom. The number of carbonyl (C=O) groups is 3. The maximum absolute atomic E-state index is 12.9. The van der Waals surface area contributed by atoms with Gasteiger partial charge < -0.3 is 24.8 Å². The second kappa shape index (κ2) is 10.7. The van der Waals surface area contributed by atoms with E-state index in [1.54, 1.807) is 54.0 Å². The van der Waals surface area contributed by atoms with E-state index in [0.29, 0.717) is 22.8 Å². The Bertz CT molecular complexity index is 1380. The number of benzene rings is 1. The second-order valence-electron chi connectivity index (χ2n) is 9.25. The third-order valence-electron chi connectivity index (χ3n) is 6.79. The Morgan fingerprint density at radius 1 is 0.973 bits per heavy atom. The van der Waals surface area contributed by atoms with E-state index in [0.717, 1.165) is 37.7 Å². The maximum Gasteiger partial charge on any atom is 0.287 e. The van der Waals surface area contributed by atoms with Gasteiger partial charge in [0.1, 0.15) is 23.1 Å². The molecule has 37 heavy (non-hydrogen) atoms. The van der Waals surface area contributed by atoms with E-state index in [4.69, 9.17) is 4.42 Å². The Kier molecular flexibility index (Phi) is 7.02. The molecule has 1 aliphatic carbocycles. The number of pyridine rings is 1. The molecule has 0 saturated heterocycles. The average Bonchev–Trinajstić information content (AvgIpc) is 3.60. The molecule has 9 nitrogen and oxygen atoms in total. The highest BCUT2D eigenvalue weighted by Crippen LogP contribution is 2.28. The number of furan rings is 1. The Hall–Kier alpha value is -4.40. The van der Waals surface area contributed by atoms with Crippen molar-refractivity contribution in [2.45, 2.75) is 38.1 Å². The van der Waals surface area contributed by atoms with Crippen LogP contribution in [-0.2, 0) is 4.79 Å². The lowest BCUT2D eigenvalue weighted by molar-refractivity contribution is -0.124. The molecule has 5 rings (SSSR count). The van der Waals surface area contributed by atoms with Gasteiger partial charge >= 0.3 is 0 Å². The summed E-state index contributed by atoms with van der Waals surface area (Å²) in [5.41, 5.74) is 2.37. The van der Waals surface area contributed by atoms with Gasteiger partial charge in [0.25, 0.3) is 11.8 Å². The van der Waals surface area contributed by atoms with Crippen molar-refractivity contribution in [2.24, 2.45) is 5.92 Å². The van der Waals surface area contributed by atoms with Gasteiger partial charge in [0, 0.05) is 30.7 Å². The number of nitrogens with zero attached hydrogens (tertiary/aromatic N) is 2. The molecule has 1 aliphatic rings. The standard InChI is InChI=1S/C28H29N5O4/c1-29-28(36)25(19-7-3-2-4-8-19)32-27(35)23-15-14-22(37-23)18-10-12-20(13-11-18)30-26(34)21-17-33-16-6-5-9-24(33)31-21/h5-6,9-17,19,25H,2-4,7-8H2,1H3,(H,29,36)(H,30,34)(H,32,35). The van der Waals surface area contributed by atoms with E-state index in [1.165, 1.54) is 0 Å². The molecule has 0 spiro atoms. The molecule has 190 valence electrons. The molecule has 3 aromatic heterocycles. The van der Waals surface area contributed by atoms with Crippen LogP contribution in [0, 0.1) is 5.92 Å². The first-order valence-electron chi connectivity index (χ1n) is 12.5. The number of anilines is 1. The molecule has 1 fully saturated rings. The number of nitrogens with one attached hydrogen (secondary N) is 3. The summed E-state index contributed by atoms with van der Waals surface area (Å²) >= 11 is 0. The van der Waals surface area contributed by atoms with Crippen molar-refractivity contribution in [3.8, 4) is 11.3 Å². The SMILES string of the molecule is CNC(=O)C(NC(=O)c1ccc(-c2ccc(NC(=O)c3cn4ccccc4n3)cc2)o1)C1CCCCC1. The molecular formula is C28H29N5O4. The minimum absolute atomic E-state index is 0.121. The molecule has 1 unspecified atom stereocenters. The van der Waals surface area contributed by atoms with Crippen LogP contribution in [0.3, 0.4) is 0 Å². The first kappa shape index (κ1) is 24.3. The molecule has 9 heteroatoms. The van der Waals surface area contributed by atoms with Gasteiger partial charge in [-0.1, -0.05) is 25.3 Å². The fourth-order valence-corrected chi connectivity index (χ4v) is 4.80. The topological polar surface area (TPSA) is 118 Å². The lowest BCUT2D eigenvalue weighted by Crippen LogP contribution is -2.50. The van der Waals surface area contributed by atoms with Crippen LogP contribution in [0.1, 0.15) is 53.1 Å². The average molecular weight is 500 g/mol.